The van der Waals surface area contributed by atoms with Crippen molar-refractivity contribution < 1.29 is 19.1 Å². The predicted octanol–water partition coefficient (Wildman–Crippen LogP) is 2.23. The highest BCUT2D eigenvalue weighted by Gasteiger charge is 2.09. The quantitative estimate of drug-likeness (QED) is 0.797. The zero-order valence-corrected chi connectivity index (χ0v) is 13.2. The van der Waals surface area contributed by atoms with E-state index in [0.29, 0.717) is 16.8 Å². The van der Waals surface area contributed by atoms with E-state index in [9.17, 15) is 14.4 Å². The van der Waals surface area contributed by atoms with Crippen LogP contribution in [0.1, 0.15) is 27.6 Å². The maximum Gasteiger partial charge on any atom is 0.325 e. The highest BCUT2D eigenvalue weighted by molar-refractivity contribution is 6.04. The summed E-state index contributed by atoms with van der Waals surface area (Å²) in [5, 5.41) is 5.22. The van der Waals surface area contributed by atoms with Crippen LogP contribution in [-0.2, 0) is 9.53 Å². The Bertz CT molecular complexity index is 712. The maximum atomic E-state index is 12.0. The molecule has 0 atom stereocenters. The van der Waals surface area contributed by atoms with Gasteiger partial charge in [0.15, 0.2) is 0 Å². The number of carbonyl (C=O) groups excluding carboxylic acids is 3. The number of hydrogen-bond acceptors (Lipinski definition) is 4. The van der Waals surface area contributed by atoms with E-state index in [2.05, 4.69) is 10.6 Å². The van der Waals surface area contributed by atoms with Crippen LogP contribution in [0, 0.1) is 0 Å². The second-order valence-electron chi connectivity index (χ2n) is 4.89. The van der Waals surface area contributed by atoms with Crippen molar-refractivity contribution in [3.05, 3.63) is 65.7 Å². The Morgan fingerprint density at radius 3 is 2.12 bits per heavy atom. The van der Waals surface area contributed by atoms with Crippen molar-refractivity contribution in [2.75, 3.05) is 18.5 Å². The molecule has 6 nitrogen and oxygen atoms in total. The van der Waals surface area contributed by atoms with Crippen LogP contribution >= 0.6 is 0 Å². The van der Waals surface area contributed by atoms with Gasteiger partial charge in [-0.3, -0.25) is 14.4 Å². The molecule has 2 N–H and O–H groups in total. The van der Waals surface area contributed by atoms with Gasteiger partial charge in [0, 0.05) is 16.8 Å². The van der Waals surface area contributed by atoms with Crippen molar-refractivity contribution in [2.24, 2.45) is 0 Å². The second-order valence-corrected chi connectivity index (χ2v) is 4.89. The largest absolute Gasteiger partial charge is 0.465 e. The van der Waals surface area contributed by atoms with Crippen LogP contribution in [0.25, 0.3) is 0 Å². The van der Waals surface area contributed by atoms with Gasteiger partial charge < -0.3 is 15.4 Å². The van der Waals surface area contributed by atoms with Crippen molar-refractivity contribution in [3.63, 3.8) is 0 Å². The summed E-state index contributed by atoms with van der Waals surface area (Å²) in [6, 6.07) is 15.2. The van der Waals surface area contributed by atoms with Crippen LogP contribution in [0.5, 0.6) is 0 Å². The fraction of sp³-hybridized carbons (Fsp3) is 0.167. The van der Waals surface area contributed by atoms with E-state index in [0.717, 1.165) is 0 Å². The summed E-state index contributed by atoms with van der Waals surface area (Å²) in [4.78, 5) is 35.1. The average molecular weight is 326 g/mol. The minimum absolute atomic E-state index is 0.181. The molecule has 0 saturated carbocycles. The van der Waals surface area contributed by atoms with Gasteiger partial charge in [0.2, 0.25) is 0 Å². The number of rotatable bonds is 6. The number of anilines is 1. The molecule has 6 heteroatoms. The minimum atomic E-state index is -0.488. The summed E-state index contributed by atoms with van der Waals surface area (Å²) >= 11 is 0. The number of carbonyl (C=O) groups is 3. The summed E-state index contributed by atoms with van der Waals surface area (Å²) in [6.45, 7) is 1.78. The lowest BCUT2D eigenvalue weighted by Gasteiger charge is -2.07. The Morgan fingerprint density at radius 1 is 0.875 bits per heavy atom. The standard InChI is InChI=1S/C18H18N2O4/c1-2-24-16(21)12-19-17(22)14-8-10-15(11-9-14)20-18(23)13-6-4-3-5-7-13/h3-11H,2,12H2,1H3,(H,19,22)(H,20,23). The van der Waals surface area contributed by atoms with E-state index in [1.165, 1.54) is 0 Å². The fourth-order valence-corrected chi connectivity index (χ4v) is 1.96. The average Bonchev–Trinajstić information content (AvgIpc) is 2.61. The number of hydrogen-bond donors (Lipinski definition) is 2. The van der Waals surface area contributed by atoms with Crippen molar-refractivity contribution in [2.45, 2.75) is 6.92 Å². The first-order valence-corrected chi connectivity index (χ1v) is 7.50. The molecule has 0 heterocycles. The number of nitrogens with one attached hydrogen (secondary N) is 2. The molecule has 0 unspecified atom stereocenters. The van der Waals surface area contributed by atoms with E-state index in [4.69, 9.17) is 4.74 Å². The van der Waals surface area contributed by atoms with Crippen LogP contribution < -0.4 is 10.6 Å². The smallest absolute Gasteiger partial charge is 0.325 e. The SMILES string of the molecule is CCOC(=O)CNC(=O)c1ccc(NC(=O)c2ccccc2)cc1. The van der Waals surface area contributed by atoms with Gasteiger partial charge >= 0.3 is 5.97 Å². The van der Waals surface area contributed by atoms with Crippen LogP contribution in [0.4, 0.5) is 5.69 Å². The fourth-order valence-electron chi connectivity index (χ4n) is 1.96. The van der Waals surface area contributed by atoms with Gasteiger partial charge in [-0.05, 0) is 43.3 Å². The van der Waals surface area contributed by atoms with Crippen LogP contribution in [-0.4, -0.2) is 30.9 Å². The summed E-state index contributed by atoms with van der Waals surface area (Å²) in [5.74, 6) is -1.10. The highest BCUT2D eigenvalue weighted by atomic mass is 16.5. The lowest BCUT2D eigenvalue weighted by Crippen LogP contribution is -2.30. The number of esters is 1. The lowest BCUT2D eigenvalue weighted by molar-refractivity contribution is -0.141. The summed E-state index contributed by atoms with van der Waals surface area (Å²) in [5.41, 5.74) is 1.51. The molecule has 2 aromatic carbocycles. The van der Waals surface area contributed by atoms with Gasteiger partial charge in [-0.15, -0.1) is 0 Å². The first kappa shape index (κ1) is 17.2. The molecule has 2 aromatic rings. The van der Waals surface area contributed by atoms with E-state index >= 15 is 0 Å². The normalized spacial score (nSPS) is 9.88. The third kappa shape index (κ3) is 4.95. The zero-order valence-electron chi connectivity index (χ0n) is 13.2. The lowest BCUT2D eigenvalue weighted by atomic mass is 10.1. The Labute approximate surface area is 139 Å². The molecule has 24 heavy (non-hydrogen) atoms. The molecular weight excluding hydrogens is 308 g/mol. The van der Waals surface area contributed by atoms with Crippen molar-refractivity contribution in [3.8, 4) is 0 Å². The Morgan fingerprint density at radius 2 is 1.50 bits per heavy atom. The van der Waals surface area contributed by atoms with E-state index in [-0.39, 0.29) is 25.0 Å². The molecule has 0 radical (unpaired) electrons. The third-order valence-corrected chi connectivity index (χ3v) is 3.14. The molecule has 124 valence electrons. The van der Waals surface area contributed by atoms with E-state index in [1.54, 1.807) is 55.5 Å². The molecule has 2 rings (SSSR count). The van der Waals surface area contributed by atoms with Crippen LogP contribution in [0.3, 0.4) is 0 Å². The molecule has 2 amide bonds. The topological polar surface area (TPSA) is 84.5 Å². The first-order chi connectivity index (χ1) is 11.6. The van der Waals surface area contributed by atoms with Gasteiger partial charge in [-0.1, -0.05) is 18.2 Å². The number of ether oxygens (including phenoxy) is 1. The molecule has 0 spiro atoms. The molecule has 0 bridgehead atoms. The summed E-state index contributed by atoms with van der Waals surface area (Å²) < 4.78 is 4.73. The molecule has 0 aromatic heterocycles. The predicted molar refractivity (Wildman–Crippen MR) is 89.8 cm³/mol. The Hall–Kier alpha value is -3.15. The van der Waals surface area contributed by atoms with Crippen molar-refractivity contribution >= 4 is 23.5 Å². The molecule has 0 saturated heterocycles. The van der Waals surface area contributed by atoms with E-state index in [1.807, 2.05) is 6.07 Å². The first-order valence-electron chi connectivity index (χ1n) is 7.50. The molecular formula is C18H18N2O4. The van der Waals surface area contributed by atoms with Gasteiger partial charge in [-0.25, -0.2) is 0 Å². The van der Waals surface area contributed by atoms with Crippen molar-refractivity contribution in [1.82, 2.24) is 5.32 Å². The van der Waals surface area contributed by atoms with Gasteiger partial charge in [0.25, 0.3) is 11.8 Å². The number of amides is 2. The highest BCUT2D eigenvalue weighted by Crippen LogP contribution is 2.11. The van der Waals surface area contributed by atoms with Gasteiger partial charge in [-0.2, -0.15) is 0 Å². The number of benzene rings is 2. The van der Waals surface area contributed by atoms with Gasteiger partial charge in [0.05, 0.1) is 6.61 Å². The second kappa shape index (κ2) is 8.47. The molecule has 0 aliphatic heterocycles. The molecule has 0 fully saturated rings. The summed E-state index contributed by atoms with van der Waals surface area (Å²) in [6.07, 6.45) is 0. The van der Waals surface area contributed by atoms with Crippen LogP contribution in [0.2, 0.25) is 0 Å². The minimum Gasteiger partial charge on any atom is -0.465 e. The van der Waals surface area contributed by atoms with Crippen molar-refractivity contribution in [1.29, 1.82) is 0 Å². The maximum absolute atomic E-state index is 12.0. The molecule has 0 aliphatic rings. The molecule has 0 aliphatic carbocycles. The Balaban J connectivity index is 1.91. The van der Waals surface area contributed by atoms with E-state index < -0.39 is 5.97 Å². The third-order valence-electron chi connectivity index (χ3n) is 3.14. The van der Waals surface area contributed by atoms with Gasteiger partial charge in [0.1, 0.15) is 6.54 Å². The summed E-state index contributed by atoms with van der Waals surface area (Å²) in [7, 11) is 0. The van der Waals surface area contributed by atoms with Crippen LogP contribution in [0.15, 0.2) is 54.6 Å². The monoisotopic (exact) mass is 326 g/mol. The Kier molecular flexibility index (Phi) is 6.08. The zero-order chi connectivity index (χ0) is 17.4.